The Balaban J connectivity index is 1.98. The van der Waals surface area contributed by atoms with E-state index in [2.05, 4.69) is 64.1 Å². The molecule has 1 N–H and O–H groups in total. The van der Waals surface area contributed by atoms with E-state index in [1.165, 1.54) is 5.56 Å². The van der Waals surface area contributed by atoms with E-state index >= 15 is 0 Å². The highest BCUT2D eigenvalue weighted by molar-refractivity contribution is 9.10. The Morgan fingerprint density at radius 2 is 1.80 bits per heavy atom. The van der Waals surface area contributed by atoms with Gasteiger partial charge in [-0.1, -0.05) is 28.1 Å². The topological polar surface area (TPSA) is 37.8 Å². The lowest BCUT2D eigenvalue weighted by molar-refractivity contribution is 0.423. The smallest absolute Gasteiger partial charge is 0.132 e. The van der Waals surface area contributed by atoms with E-state index in [9.17, 15) is 0 Å². The molecule has 20 heavy (non-hydrogen) atoms. The Kier molecular flexibility index (Phi) is 4.89. The largest absolute Gasteiger partial charge is 0.308 e. The zero-order valence-electron chi connectivity index (χ0n) is 12.2. The van der Waals surface area contributed by atoms with Crippen molar-refractivity contribution in [2.24, 2.45) is 0 Å². The minimum absolute atomic E-state index is 0.106. The summed E-state index contributed by atoms with van der Waals surface area (Å²) in [5, 5.41) is 3.43. The summed E-state index contributed by atoms with van der Waals surface area (Å²) in [7, 11) is 0. The van der Waals surface area contributed by atoms with Gasteiger partial charge in [0.25, 0.3) is 0 Å². The average molecular weight is 334 g/mol. The molecule has 0 saturated carbocycles. The molecule has 106 valence electrons. The van der Waals surface area contributed by atoms with Crippen LogP contribution >= 0.6 is 15.9 Å². The van der Waals surface area contributed by atoms with E-state index in [1.807, 2.05) is 24.5 Å². The molecule has 0 aliphatic heterocycles. The predicted molar refractivity (Wildman–Crippen MR) is 85.6 cm³/mol. The molecule has 0 bridgehead atoms. The monoisotopic (exact) mass is 333 g/mol. The first-order valence-corrected chi connectivity index (χ1v) is 7.51. The molecule has 0 aliphatic rings. The normalized spacial score (nSPS) is 11.6. The molecule has 0 aliphatic carbocycles. The second-order valence-electron chi connectivity index (χ2n) is 5.92. The van der Waals surface area contributed by atoms with Crippen LogP contribution in [0.2, 0.25) is 0 Å². The van der Waals surface area contributed by atoms with Crippen LogP contribution in [0, 0.1) is 0 Å². The highest BCUT2D eigenvalue weighted by Crippen LogP contribution is 2.13. The van der Waals surface area contributed by atoms with E-state index in [4.69, 9.17) is 0 Å². The van der Waals surface area contributed by atoms with Gasteiger partial charge in [0.05, 0.1) is 0 Å². The Morgan fingerprint density at radius 3 is 2.40 bits per heavy atom. The van der Waals surface area contributed by atoms with Gasteiger partial charge in [-0.25, -0.2) is 9.97 Å². The Hall–Kier alpha value is -1.26. The van der Waals surface area contributed by atoms with Gasteiger partial charge in [0.15, 0.2) is 0 Å². The first kappa shape index (κ1) is 15.1. The highest BCUT2D eigenvalue weighted by Gasteiger charge is 2.08. The third kappa shape index (κ3) is 5.02. The number of nitrogens with zero attached hydrogens (tertiary/aromatic N) is 2. The van der Waals surface area contributed by atoms with Crippen molar-refractivity contribution in [2.75, 3.05) is 0 Å². The molecule has 0 spiro atoms. The van der Waals surface area contributed by atoms with Gasteiger partial charge in [0.1, 0.15) is 5.82 Å². The molecule has 0 fully saturated rings. The van der Waals surface area contributed by atoms with Crippen LogP contribution < -0.4 is 5.32 Å². The van der Waals surface area contributed by atoms with E-state index in [0.29, 0.717) is 0 Å². The number of halogens is 1. The fraction of sp³-hybridized carbons (Fsp3) is 0.375. The summed E-state index contributed by atoms with van der Waals surface area (Å²) in [4.78, 5) is 8.88. The van der Waals surface area contributed by atoms with Crippen molar-refractivity contribution < 1.29 is 0 Å². The van der Waals surface area contributed by atoms with Crippen LogP contribution in [0.4, 0.5) is 0 Å². The van der Waals surface area contributed by atoms with Crippen LogP contribution in [-0.4, -0.2) is 15.5 Å². The maximum Gasteiger partial charge on any atom is 0.132 e. The van der Waals surface area contributed by atoms with Crippen molar-refractivity contribution in [3.63, 3.8) is 0 Å². The zero-order valence-corrected chi connectivity index (χ0v) is 13.7. The number of rotatable bonds is 4. The number of hydrogen-bond donors (Lipinski definition) is 1. The third-order valence-electron chi connectivity index (χ3n) is 2.83. The molecule has 1 heterocycles. The van der Waals surface area contributed by atoms with Crippen molar-refractivity contribution in [1.29, 1.82) is 0 Å². The van der Waals surface area contributed by atoms with E-state index in [1.54, 1.807) is 0 Å². The SMILES string of the molecule is CC(C)(C)NCc1cnc(Cc2cccc(Br)c2)nc1. The molecule has 2 aromatic rings. The number of aromatic nitrogens is 2. The van der Waals surface area contributed by atoms with Crippen molar-refractivity contribution in [3.8, 4) is 0 Å². The molecule has 0 unspecified atom stereocenters. The molecule has 1 aromatic carbocycles. The molecule has 1 aromatic heterocycles. The standard InChI is InChI=1S/C16H20BrN3/c1-16(2,3)20-11-13-9-18-15(19-10-13)8-12-5-4-6-14(17)7-12/h4-7,9-10,20H,8,11H2,1-3H3. The second-order valence-corrected chi connectivity index (χ2v) is 6.83. The first-order chi connectivity index (χ1) is 9.42. The summed E-state index contributed by atoms with van der Waals surface area (Å²) in [6.45, 7) is 7.24. The molecular weight excluding hydrogens is 314 g/mol. The second kappa shape index (κ2) is 6.46. The summed E-state index contributed by atoms with van der Waals surface area (Å²) in [6, 6.07) is 8.23. The summed E-state index contributed by atoms with van der Waals surface area (Å²) >= 11 is 3.48. The molecular formula is C16H20BrN3. The Morgan fingerprint density at radius 1 is 1.10 bits per heavy atom. The van der Waals surface area contributed by atoms with Crippen molar-refractivity contribution in [3.05, 3.63) is 58.1 Å². The summed E-state index contributed by atoms with van der Waals surface area (Å²) in [5.74, 6) is 0.850. The predicted octanol–water partition coefficient (Wildman–Crippen LogP) is 3.72. The van der Waals surface area contributed by atoms with Crippen LogP contribution in [-0.2, 0) is 13.0 Å². The maximum absolute atomic E-state index is 4.44. The van der Waals surface area contributed by atoms with Gasteiger partial charge in [-0.2, -0.15) is 0 Å². The summed E-state index contributed by atoms with van der Waals surface area (Å²) in [5.41, 5.74) is 2.42. The molecule has 0 atom stereocenters. The minimum Gasteiger partial charge on any atom is -0.308 e. The molecule has 0 saturated heterocycles. The van der Waals surface area contributed by atoms with Crippen LogP contribution in [0.3, 0.4) is 0 Å². The quantitative estimate of drug-likeness (QED) is 0.926. The van der Waals surface area contributed by atoms with Crippen molar-refractivity contribution in [1.82, 2.24) is 15.3 Å². The number of hydrogen-bond acceptors (Lipinski definition) is 3. The van der Waals surface area contributed by atoms with Crippen molar-refractivity contribution >= 4 is 15.9 Å². The fourth-order valence-electron chi connectivity index (χ4n) is 1.76. The van der Waals surface area contributed by atoms with Crippen LogP contribution in [0.5, 0.6) is 0 Å². The van der Waals surface area contributed by atoms with Gasteiger partial charge in [-0.15, -0.1) is 0 Å². The van der Waals surface area contributed by atoms with Gasteiger partial charge >= 0.3 is 0 Å². The molecule has 2 rings (SSSR count). The lowest BCUT2D eigenvalue weighted by Crippen LogP contribution is -2.35. The first-order valence-electron chi connectivity index (χ1n) is 6.72. The average Bonchev–Trinajstić information content (AvgIpc) is 2.37. The zero-order chi connectivity index (χ0) is 14.6. The lowest BCUT2D eigenvalue weighted by Gasteiger charge is -2.20. The number of benzene rings is 1. The lowest BCUT2D eigenvalue weighted by atomic mass is 10.1. The third-order valence-corrected chi connectivity index (χ3v) is 3.33. The van der Waals surface area contributed by atoms with E-state index in [-0.39, 0.29) is 5.54 Å². The summed E-state index contributed by atoms with van der Waals surface area (Å²) < 4.78 is 1.08. The molecule has 4 heteroatoms. The van der Waals surface area contributed by atoms with E-state index < -0.39 is 0 Å². The van der Waals surface area contributed by atoms with Gasteiger partial charge in [-0.3, -0.25) is 0 Å². The minimum atomic E-state index is 0.106. The molecule has 0 radical (unpaired) electrons. The van der Waals surface area contributed by atoms with Gasteiger partial charge < -0.3 is 5.32 Å². The van der Waals surface area contributed by atoms with Crippen molar-refractivity contribution in [2.45, 2.75) is 39.3 Å². The fourth-order valence-corrected chi connectivity index (χ4v) is 2.21. The van der Waals surface area contributed by atoms with Gasteiger partial charge in [-0.05, 0) is 38.5 Å². The Bertz CT molecular complexity index is 559. The summed E-state index contributed by atoms with van der Waals surface area (Å²) in [6.07, 6.45) is 4.56. The van der Waals surface area contributed by atoms with Crippen LogP contribution in [0.1, 0.15) is 37.7 Å². The van der Waals surface area contributed by atoms with Crippen LogP contribution in [0.25, 0.3) is 0 Å². The number of nitrogens with one attached hydrogen (secondary N) is 1. The molecule has 0 amide bonds. The van der Waals surface area contributed by atoms with Gasteiger partial charge in [0.2, 0.25) is 0 Å². The van der Waals surface area contributed by atoms with E-state index in [0.717, 1.165) is 28.8 Å². The van der Waals surface area contributed by atoms with Gasteiger partial charge in [0, 0.05) is 40.9 Å². The highest BCUT2D eigenvalue weighted by atomic mass is 79.9. The Labute approximate surface area is 129 Å². The molecule has 3 nitrogen and oxygen atoms in total. The maximum atomic E-state index is 4.44. The van der Waals surface area contributed by atoms with Crippen LogP contribution in [0.15, 0.2) is 41.1 Å².